The second-order valence-corrected chi connectivity index (χ2v) is 7.71. The second-order valence-electron chi connectivity index (χ2n) is 5.93. The third-order valence-electron chi connectivity index (χ3n) is 4.27. The summed E-state index contributed by atoms with van der Waals surface area (Å²) in [4.78, 5) is 16.8. The molecular weight excluding hydrogens is 374 g/mol. The lowest BCUT2D eigenvalue weighted by molar-refractivity contribution is -0.121. The van der Waals surface area contributed by atoms with Crippen LogP contribution in [0.5, 0.6) is 0 Å². The van der Waals surface area contributed by atoms with Gasteiger partial charge in [-0.2, -0.15) is 0 Å². The van der Waals surface area contributed by atoms with E-state index in [1.165, 1.54) is 0 Å². The SMILES string of the molecule is NCC1CCCC1NC(=O)Cc1csc(-c2cccc(Br)c2)n1. The number of hydrogen-bond donors (Lipinski definition) is 2. The molecule has 1 aliphatic carbocycles. The molecule has 3 rings (SSSR count). The summed E-state index contributed by atoms with van der Waals surface area (Å²) in [6, 6.07) is 8.27. The van der Waals surface area contributed by atoms with Crippen molar-refractivity contribution in [3.05, 3.63) is 39.8 Å². The zero-order valence-electron chi connectivity index (χ0n) is 12.8. The van der Waals surface area contributed by atoms with E-state index in [-0.39, 0.29) is 11.9 Å². The largest absolute Gasteiger partial charge is 0.353 e. The van der Waals surface area contributed by atoms with E-state index in [0.29, 0.717) is 18.9 Å². The molecule has 2 aromatic rings. The Balaban J connectivity index is 1.61. The number of thiazole rings is 1. The molecule has 6 heteroatoms. The normalized spacial score (nSPS) is 20.6. The van der Waals surface area contributed by atoms with E-state index in [1.54, 1.807) is 11.3 Å². The summed E-state index contributed by atoms with van der Waals surface area (Å²) in [5.74, 6) is 0.466. The van der Waals surface area contributed by atoms with Gasteiger partial charge in [0.25, 0.3) is 0 Å². The van der Waals surface area contributed by atoms with Crippen LogP contribution in [0, 0.1) is 5.92 Å². The van der Waals surface area contributed by atoms with Gasteiger partial charge in [0.1, 0.15) is 5.01 Å². The lowest BCUT2D eigenvalue weighted by Gasteiger charge is -2.19. The zero-order chi connectivity index (χ0) is 16.2. The quantitative estimate of drug-likeness (QED) is 0.817. The number of nitrogens with zero attached hydrogens (tertiary/aromatic N) is 1. The van der Waals surface area contributed by atoms with Crippen molar-refractivity contribution < 1.29 is 4.79 Å². The molecule has 1 heterocycles. The summed E-state index contributed by atoms with van der Waals surface area (Å²) in [5.41, 5.74) is 7.66. The minimum absolute atomic E-state index is 0.0430. The lowest BCUT2D eigenvalue weighted by Crippen LogP contribution is -2.40. The first-order chi connectivity index (χ1) is 11.2. The molecule has 4 nitrogen and oxygen atoms in total. The van der Waals surface area contributed by atoms with Gasteiger partial charge in [-0.05, 0) is 37.4 Å². The fraction of sp³-hybridized carbons (Fsp3) is 0.412. The summed E-state index contributed by atoms with van der Waals surface area (Å²) >= 11 is 5.04. The molecule has 0 aliphatic heterocycles. The van der Waals surface area contributed by atoms with Gasteiger partial charge in [-0.25, -0.2) is 4.98 Å². The first-order valence-electron chi connectivity index (χ1n) is 7.85. The molecule has 1 aromatic heterocycles. The molecule has 2 atom stereocenters. The van der Waals surface area contributed by atoms with E-state index >= 15 is 0 Å². The number of aromatic nitrogens is 1. The van der Waals surface area contributed by atoms with Crippen molar-refractivity contribution in [3.8, 4) is 10.6 Å². The zero-order valence-corrected chi connectivity index (χ0v) is 15.2. The number of carbonyl (C=O) groups excluding carboxylic acids is 1. The van der Waals surface area contributed by atoms with Gasteiger partial charge in [0, 0.05) is 21.5 Å². The molecule has 23 heavy (non-hydrogen) atoms. The fourth-order valence-corrected chi connectivity index (χ4v) is 4.29. The average molecular weight is 394 g/mol. The van der Waals surface area contributed by atoms with E-state index in [1.807, 2.05) is 29.6 Å². The highest BCUT2D eigenvalue weighted by molar-refractivity contribution is 9.10. The molecule has 0 spiro atoms. The van der Waals surface area contributed by atoms with Crippen LogP contribution in [-0.4, -0.2) is 23.5 Å². The topological polar surface area (TPSA) is 68.0 Å². The highest BCUT2D eigenvalue weighted by Gasteiger charge is 2.27. The highest BCUT2D eigenvalue weighted by atomic mass is 79.9. The van der Waals surface area contributed by atoms with Gasteiger partial charge in [-0.3, -0.25) is 4.79 Å². The Morgan fingerprint density at radius 2 is 2.30 bits per heavy atom. The van der Waals surface area contributed by atoms with E-state index < -0.39 is 0 Å². The summed E-state index contributed by atoms with van der Waals surface area (Å²) in [7, 11) is 0. The summed E-state index contributed by atoms with van der Waals surface area (Å²) in [5, 5.41) is 6.03. The number of carbonyl (C=O) groups is 1. The highest BCUT2D eigenvalue weighted by Crippen LogP contribution is 2.27. The van der Waals surface area contributed by atoms with Crippen molar-refractivity contribution in [2.75, 3.05) is 6.54 Å². The first-order valence-corrected chi connectivity index (χ1v) is 9.52. The maximum atomic E-state index is 12.2. The molecule has 0 radical (unpaired) electrons. The Kier molecular flexibility index (Phi) is 5.46. The third-order valence-corrected chi connectivity index (χ3v) is 5.71. The van der Waals surface area contributed by atoms with Crippen LogP contribution in [0.25, 0.3) is 10.6 Å². The van der Waals surface area contributed by atoms with Crippen molar-refractivity contribution in [1.82, 2.24) is 10.3 Å². The van der Waals surface area contributed by atoms with Gasteiger partial charge in [0.05, 0.1) is 12.1 Å². The number of hydrogen-bond acceptors (Lipinski definition) is 4. The Labute approximate surface area is 148 Å². The second kappa shape index (κ2) is 7.55. The number of benzene rings is 1. The fourth-order valence-electron chi connectivity index (χ4n) is 3.07. The predicted octanol–water partition coefficient (Wildman–Crippen LogP) is 3.36. The van der Waals surface area contributed by atoms with E-state index in [4.69, 9.17) is 5.73 Å². The summed E-state index contributed by atoms with van der Waals surface area (Å²) < 4.78 is 1.03. The van der Waals surface area contributed by atoms with Crippen molar-refractivity contribution in [3.63, 3.8) is 0 Å². The number of nitrogens with two attached hydrogens (primary N) is 1. The number of nitrogens with one attached hydrogen (secondary N) is 1. The Morgan fingerprint density at radius 1 is 1.43 bits per heavy atom. The maximum Gasteiger partial charge on any atom is 0.226 e. The van der Waals surface area contributed by atoms with Gasteiger partial charge in [-0.15, -0.1) is 11.3 Å². The van der Waals surface area contributed by atoms with Crippen molar-refractivity contribution in [2.24, 2.45) is 11.7 Å². The van der Waals surface area contributed by atoms with Gasteiger partial charge < -0.3 is 11.1 Å². The Hall–Kier alpha value is -1.24. The van der Waals surface area contributed by atoms with E-state index in [0.717, 1.165) is 40.0 Å². The molecule has 1 amide bonds. The van der Waals surface area contributed by atoms with Crippen LogP contribution < -0.4 is 11.1 Å². The van der Waals surface area contributed by atoms with Crippen LogP contribution in [-0.2, 0) is 11.2 Å². The minimum Gasteiger partial charge on any atom is -0.353 e. The molecule has 3 N–H and O–H groups in total. The smallest absolute Gasteiger partial charge is 0.226 e. The average Bonchev–Trinajstić information content (AvgIpc) is 3.16. The molecule has 1 aliphatic rings. The van der Waals surface area contributed by atoms with Crippen molar-refractivity contribution >= 4 is 33.2 Å². The standard InChI is InChI=1S/C17H20BrN3OS/c18-13-5-1-3-11(7-13)17-20-14(10-23-17)8-16(22)21-15-6-2-4-12(15)9-19/h1,3,5,7,10,12,15H,2,4,6,8-9,19H2,(H,21,22). The summed E-state index contributed by atoms with van der Waals surface area (Å²) in [6.07, 6.45) is 3.63. The van der Waals surface area contributed by atoms with Crippen LogP contribution in [0.2, 0.25) is 0 Å². The number of rotatable bonds is 5. The maximum absolute atomic E-state index is 12.2. The van der Waals surface area contributed by atoms with Crippen LogP contribution >= 0.6 is 27.3 Å². The molecule has 2 unspecified atom stereocenters. The lowest BCUT2D eigenvalue weighted by atomic mass is 10.0. The Bertz CT molecular complexity index is 688. The number of amides is 1. The van der Waals surface area contributed by atoms with Crippen LogP contribution in [0.1, 0.15) is 25.0 Å². The molecule has 122 valence electrons. The molecular formula is C17H20BrN3OS. The first kappa shape index (κ1) is 16.6. The van der Waals surface area contributed by atoms with Crippen LogP contribution in [0.3, 0.4) is 0 Å². The molecule has 1 saturated carbocycles. The van der Waals surface area contributed by atoms with Crippen molar-refractivity contribution in [2.45, 2.75) is 31.7 Å². The minimum atomic E-state index is 0.0430. The van der Waals surface area contributed by atoms with E-state index in [9.17, 15) is 4.79 Å². The van der Waals surface area contributed by atoms with Crippen molar-refractivity contribution in [1.29, 1.82) is 0 Å². The number of halogens is 1. The monoisotopic (exact) mass is 393 g/mol. The van der Waals surface area contributed by atoms with Gasteiger partial charge >= 0.3 is 0 Å². The Morgan fingerprint density at radius 3 is 3.09 bits per heavy atom. The summed E-state index contributed by atoms with van der Waals surface area (Å²) in [6.45, 7) is 0.648. The van der Waals surface area contributed by atoms with Gasteiger partial charge in [0.15, 0.2) is 0 Å². The van der Waals surface area contributed by atoms with Crippen LogP contribution in [0.15, 0.2) is 34.1 Å². The van der Waals surface area contributed by atoms with Gasteiger partial charge in [0.2, 0.25) is 5.91 Å². The van der Waals surface area contributed by atoms with E-state index in [2.05, 4.69) is 26.2 Å². The molecule has 1 fully saturated rings. The molecule has 0 saturated heterocycles. The predicted molar refractivity (Wildman–Crippen MR) is 97.3 cm³/mol. The van der Waals surface area contributed by atoms with Gasteiger partial charge in [-0.1, -0.05) is 34.5 Å². The third kappa shape index (κ3) is 4.19. The molecule has 1 aromatic carbocycles. The van der Waals surface area contributed by atoms with Crippen LogP contribution in [0.4, 0.5) is 0 Å². The molecule has 0 bridgehead atoms.